The maximum atomic E-state index is 12.9. The predicted octanol–water partition coefficient (Wildman–Crippen LogP) is 4.85. The quantitative estimate of drug-likeness (QED) is 0.679. The van der Waals surface area contributed by atoms with E-state index in [1.165, 1.54) is 0 Å². The van der Waals surface area contributed by atoms with Crippen LogP contribution in [0.1, 0.15) is 58.2 Å². The van der Waals surface area contributed by atoms with Crippen LogP contribution in [0.3, 0.4) is 0 Å². The van der Waals surface area contributed by atoms with Crippen LogP contribution < -0.4 is 4.94 Å². The summed E-state index contributed by atoms with van der Waals surface area (Å²) >= 11 is 0. The van der Waals surface area contributed by atoms with Crippen molar-refractivity contribution in [2.24, 2.45) is 0 Å². The van der Waals surface area contributed by atoms with Crippen molar-refractivity contribution in [3.63, 3.8) is 0 Å². The van der Waals surface area contributed by atoms with Crippen LogP contribution in [0.2, 0.25) is 0 Å². The topological polar surface area (TPSA) is 9.23 Å². The lowest BCUT2D eigenvalue weighted by Gasteiger charge is -2.27. The van der Waals surface area contributed by atoms with E-state index in [2.05, 4.69) is 46.5 Å². The van der Waals surface area contributed by atoms with E-state index in [1.807, 2.05) is 19.1 Å². The van der Waals surface area contributed by atoms with Gasteiger partial charge in [0.15, 0.2) is 5.75 Å². The highest BCUT2D eigenvalue weighted by Gasteiger charge is 2.28. The fourth-order valence-electron chi connectivity index (χ4n) is 1.97. The number of halogens is 1. The first kappa shape index (κ1) is 14.0. The third-order valence-electron chi connectivity index (χ3n) is 2.93. The van der Waals surface area contributed by atoms with Crippen molar-refractivity contribution >= 4 is 0 Å². The fraction of sp³-hybridized carbons (Fsp3) is 0.600. The van der Waals surface area contributed by atoms with Gasteiger partial charge in [0.1, 0.15) is 0 Å². The Kier molecular flexibility index (Phi) is 3.56. The van der Waals surface area contributed by atoms with Crippen LogP contribution in [0, 0.1) is 6.92 Å². The Morgan fingerprint density at radius 1 is 0.882 bits per heavy atom. The molecule has 1 nitrogen and oxygen atoms in total. The first-order chi connectivity index (χ1) is 7.57. The second-order valence-corrected chi connectivity index (χ2v) is 6.77. The van der Waals surface area contributed by atoms with E-state index in [9.17, 15) is 4.53 Å². The molecule has 0 heterocycles. The normalized spacial score (nSPS) is 12.7. The molecule has 0 saturated carbocycles. The van der Waals surface area contributed by atoms with E-state index in [-0.39, 0.29) is 10.8 Å². The van der Waals surface area contributed by atoms with Gasteiger partial charge in [0, 0.05) is 15.7 Å². The highest BCUT2D eigenvalue weighted by Crippen LogP contribution is 2.40. The van der Waals surface area contributed by atoms with Crippen LogP contribution in [0.15, 0.2) is 12.1 Å². The van der Waals surface area contributed by atoms with Crippen LogP contribution in [0.4, 0.5) is 4.53 Å². The zero-order valence-corrected chi connectivity index (χ0v) is 11.9. The van der Waals surface area contributed by atoms with Gasteiger partial charge in [0.2, 0.25) is 0 Å². The summed E-state index contributed by atoms with van der Waals surface area (Å²) in [5, 5.41) is 0. The monoisotopic (exact) mass is 238 g/mol. The number of rotatable bonds is 1. The minimum absolute atomic E-state index is 0.132. The molecule has 0 aliphatic carbocycles. The third kappa shape index (κ3) is 2.99. The average Bonchev–Trinajstić information content (AvgIpc) is 2.13. The fourth-order valence-corrected chi connectivity index (χ4v) is 1.97. The number of aryl methyl sites for hydroxylation is 1. The van der Waals surface area contributed by atoms with Crippen molar-refractivity contribution < 1.29 is 9.47 Å². The second-order valence-electron chi connectivity index (χ2n) is 6.77. The van der Waals surface area contributed by atoms with E-state index >= 15 is 0 Å². The van der Waals surface area contributed by atoms with E-state index in [0.717, 1.165) is 16.7 Å². The van der Waals surface area contributed by atoms with Crippen molar-refractivity contribution in [3.05, 3.63) is 28.8 Å². The van der Waals surface area contributed by atoms with E-state index in [0.29, 0.717) is 5.75 Å². The molecule has 17 heavy (non-hydrogen) atoms. The van der Waals surface area contributed by atoms with Gasteiger partial charge in [-0.25, -0.2) is 0 Å². The summed E-state index contributed by atoms with van der Waals surface area (Å²) in [5.74, 6) is 0.385. The molecule has 0 N–H and O–H groups in total. The minimum Gasteiger partial charge on any atom is -0.294 e. The predicted molar refractivity (Wildman–Crippen MR) is 70.3 cm³/mol. The van der Waals surface area contributed by atoms with Crippen molar-refractivity contribution in [1.29, 1.82) is 0 Å². The van der Waals surface area contributed by atoms with Gasteiger partial charge in [-0.05, 0) is 17.8 Å². The molecule has 0 aromatic heterocycles. The maximum absolute atomic E-state index is 12.9. The highest BCUT2D eigenvalue weighted by molar-refractivity contribution is 5.50. The highest BCUT2D eigenvalue weighted by atomic mass is 19.3. The molecule has 0 radical (unpaired) electrons. The molecular formula is C15H23FO. The Balaban J connectivity index is 3.58. The molecule has 0 aliphatic heterocycles. The van der Waals surface area contributed by atoms with Gasteiger partial charge in [-0.1, -0.05) is 59.2 Å². The summed E-state index contributed by atoms with van der Waals surface area (Å²) in [6, 6.07) is 4.01. The molecule has 1 aromatic rings. The lowest BCUT2D eigenvalue weighted by Crippen LogP contribution is -2.18. The van der Waals surface area contributed by atoms with Crippen LogP contribution >= 0.6 is 0 Å². The number of benzene rings is 1. The van der Waals surface area contributed by atoms with Crippen molar-refractivity contribution in [2.75, 3.05) is 0 Å². The first-order valence-electron chi connectivity index (χ1n) is 6.01. The Labute approximate surface area is 104 Å². The summed E-state index contributed by atoms with van der Waals surface area (Å²) in [6.07, 6.45) is 0. The molecule has 0 unspecified atom stereocenters. The van der Waals surface area contributed by atoms with Crippen LogP contribution in [-0.2, 0) is 10.8 Å². The van der Waals surface area contributed by atoms with E-state index < -0.39 is 0 Å². The van der Waals surface area contributed by atoms with Crippen molar-refractivity contribution in [1.82, 2.24) is 0 Å². The third-order valence-corrected chi connectivity index (χ3v) is 2.93. The van der Waals surface area contributed by atoms with Gasteiger partial charge in [-0.2, -0.15) is 0 Å². The smallest absolute Gasteiger partial charge is 0.179 e. The Morgan fingerprint density at radius 3 is 1.47 bits per heavy atom. The zero-order valence-electron chi connectivity index (χ0n) is 11.9. The molecule has 0 atom stereocenters. The molecule has 0 amide bonds. The van der Waals surface area contributed by atoms with Crippen LogP contribution in [-0.4, -0.2) is 0 Å². The molecule has 0 spiro atoms. The largest absolute Gasteiger partial charge is 0.294 e. The Hall–Kier alpha value is -1.05. The maximum Gasteiger partial charge on any atom is 0.179 e. The summed E-state index contributed by atoms with van der Waals surface area (Å²) in [5.41, 5.74) is 2.72. The first-order valence-corrected chi connectivity index (χ1v) is 6.01. The molecule has 2 heteroatoms. The average molecular weight is 238 g/mol. The van der Waals surface area contributed by atoms with Gasteiger partial charge >= 0.3 is 0 Å². The standard InChI is InChI=1S/C15H23FO/c1-10-8-11(14(2,3)4)13(17-16)12(9-10)15(5,6)7/h8-9H,1-7H3. The molecule has 1 aromatic carbocycles. The molecule has 96 valence electrons. The van der Waals surface area contributed by atoms with Gasteiger partial charge in [0.05, 0.1) is 0 Å². The summed E-state index contributed by atoms with van der Waals surface area (Å²) in [4.78, 5) is 4.18. The lowest BCUT2D eigenvalue weighted by molar-refractivity contribution is -0.0104. The molecule has 0 bridgehead atoms. The van der Waals surface area contributed by atoms with Crippen molar-refractivity contribution in [2.45, 2.75) is 59.3 Å². The summed E-state index contributed by atoms with van der Waals surface area (Å²) in [7, 11) is 0. The number of hydrogen-bond donors (Lipinski definition) is 0. The molecule has 0 fully saturated rings. The summed E-state index contributed by atoms with van der Waals surface area (Å²) < 4.78 is 12.9. The SMILES string of the molecule is Cc1cc(C(C)(C)C)c(OF)c(C(C)(C)C)c1. The summed E-state index contributed by atoms with van der Waals surface area (Å²) in [6.45, 7) is 14.4. The Morgan fingerprint density at radius 2 is 1.24 bits per heavy atom. The lowest BCUT2D eigenvalue weighted by atomic mass is 9.78. The van der Waals surface area contributed by atoms with E-state index in [4.69, 9.17) is 0 Å². The number of hydrogen-bond acceptors (Lipinski definition) is 1. The van der Waals surface area contributed by atoms with Crippen LogP contribution in [0.5, 0.6) is 5.75 Å². The molecule has 0 aliphatic rings. The zero-order chi connectivity index (χ0) is 13.4. The second kappa shape index (κ2) is 4.32. The molecular weight excluding hydrogens is 215 g/mol. The van der Waals surface area contributed by atoms with Gasteiger partial charge < -0.3 is 0 Å². The van der Waals surface area contributed by atoms with Gasteiger partial charge in [-0.15, -0.1) is 0 Å². The van der Waals surface area contributed by atoms with Gasteiger partial charge in [0.25, 0.3) is 0 Å². The van der Waals surface area contributed by atoms with Gasteiger partial charge in [-0.3, -0.25) is 4.94 Å². The van der Waals surface area contributed by atoms with E-state index in [1.54, 1.807) is 0 Å². The Bertz CT molecular complexity index is 373. The minimum atomic E-state index is -0.132. The van der Waals surface area contributed by atoms with Crippen molar-refractivity contribution in [3.8, 4) is 5.75 Å². The molecule has 1 rings (SSSR count). The van der Waals surface area contributed by atoms with Crippen LogP contribution in [0.25, 0.3) is 0 Å². The molecule has 0 saturated heterocycles.